The van der Waals surface area contributed by atoms with E-state index in [1.165, 1.54) is 0 Å². The Morgan fingerprint density at radius 2 is 2.00 bits per heavy atom. The number of hydrogen-bond acceptors (Lipinski definition) is 3. The van der Waals surface area contributed by atoms with Crippen LogP contribution in [0.15, 0.2) is 0 Å². The summed E-state index contributed by atoms with van der Waals surface area (Å²) in [5, 5.41) is 2.02. The Bertz CT molecular complexity index is 349. The molecule has 0 radical (unpaired) electrons. The zero-order valence-corrected chi connectivity index (χ0v) is 8.87. The van der Waals surface area contributed by atoms with Crippen LogP contribution in [-0.4, -0.2) is 28.8 Å². The van der Waals surface area contributed by atoms with Gasteiger partial charge in [-0.1, -0.05) is 13.8 Å². The van der Waals surface area contributed by atoms with Crippen molar-refractivity contribution in [3.05, 3.63) is 0 Å². The second-order valence-corrected chi connectivity index (χ2v) is 5.00. The molecular formula is C10H14N2O3. The lowest BCUT2D eigenvalue weighted by atomic mass is 9.91. The van der Waals surface area contributed by atoms with Gasteiger partial charge in [-0.15, -0.1) is 0 Å². The van der Waals surface area contributed by atoms with Gasteiger partial charge in [0.15, 0.2) is 0 Å². The van der Waals surface area contributed by atoms with Gasteiger partial charge >= 0.3 is 17.8 Å². The van der Waals surface area contributed by atoms with Crippen LogP contribution in [0.25, 0.3) is 0 Å². The molecule has 0 aromatic carbocycles. The van der Waals surface area contributed by atoms with Gasteiger partial charge in [-0.05, 0) is 24.7 Å². The quantitative estimate of drug-likeness (QED) is 0.510. The van der Waals surface area contributed by atoms with E-state index in [1.54, 1.807) is 0 Å². The van der Waals surface area contributed by atoms with Gasteiger partial charge in [-0.3, -0.25) is 19.8 Å². The number of nitrogens with one attached hydrogen (secondary N) is 1. The van der Waals surface area contributed by atoms with Crippen molar-refractivity contribution < 1.29 is 14.4 Å². The highest BCUT2D eigenvalue weighted by Gasteiger charge is 2.45. The minimum absolute atomic E-state index is 0.112. The number of imide groups is 2. The molecule has 0 spiro atoms. The van der Waals surface area contributed by atoms with Crippen molar-refractivity contribution in [3.8, 4) is 0 Å². The van der Waals surface area contributed by atoms with Crippen LogP contribution in [0.1, 0.15) is 33.1 Å². The van der Waals surface area contributed by atoms with E-state index in [-0.39, 0.29) is 11.5 Å². The van der Waals surface area contributed by atoms with E-state index in [1.807, 2.05) is 5.32 Å². The van der Waals surface area contributed by atoms with Gasteiger partial charge in [-0.2, -0.15) is 0 Å². The molecule has 1 N–H and O–H groups in total. The number of hydrogen-bond donors (Lipinski definition) is 1. The molecule has 2 aliphatic rings. The van der Waals surface area contributed by atoms with Gasteiger partial charge in [0.2, 0.25) is 0 Å². The second-order valence-electron chi connectivity index (χ2n) is 5.00. The minimum atomic E-state index is -0.801. The summed E-state index contributed by atoms with van der Waals surface area (Å²) >= 11 is 0. The number of carbonyl (C=O) groups is 3. The van der Waals surface area contributed by atoms with Crippen LogP contribution >= 0.6 is 0 Å². The average Bonchev–Trinajstić information content (AvgIpc) is 2.56. The molecule has 0 aromatic heterocycles. The lowest BCUT2D eigenvalue weighted by Crippen LogP contribution is -2.39. The molecule has 1 aliphatic heterocycles. The number of rotatable bonds is 1. The molecule has 4 amide bonds. The maximum absolute atomic E-state index is 11.4. The highest BCUT2D eigenvalue weighted by atomic mass is 16.2. The largest absolute Gasteiger partial charge is 0.331 e. The van der Waals surface area contributed by atoms with Gasteiger partial charge in [0.1, 0.15) is 0 Å². The molecule has 1 aliphatic carbocycles. The third-order valence-electron chi connectivity index (χ3n) is 3.16. The van der Waals surface area contributed by atoms with Gasteiger partial charge in [0, 0.05) is 6.04 Å². The average molecular weight is 210 g/mol. The van der Waals surface area contributed by atoms with Crippen LogP contribution in [-0.2, 0) is 9.59 Å². The standard InChI is InChI=1S/C10H14N2O3/c1-10(2)4-3-6(5-10)12-8(14)7(13)11-9(12)15/h6H,3-5H2,1-2H3,(H,11,13,15). The molecule has 5 nitrogen and oxygen atoms in total. The summed E-state index contributed by atoms with van der Waals surface area (Å²) < 4.78 is 0. The molecule has 82 valence electrons. The van der Waals surface area contributed by atoms with E-state index in [9.17, 15) is 14.4 Å². The van der Waals surface area contributed by atoms with E-state index in [0.29, 0.717) is 0 Å². The highest BCUT2D eigenvalue weighted by Crippen LogP contribution is 2.39. The molecule has 1 heterocycles. The first-order valence-corrected chi connectivity index (χ1v) is 5.09. The third kappa shape index (κ3) is 1.62. The van der Waals surface area contributed by atoms with Gasteiger partial charge < -0.3 is 0 Å². The fraction of sp³-hybridized carbons (Fsp3) is 0.700. The van der Waals surface area contributed by atoms with E-state index < -0.39 is 17.8 Å². The first-order chi connectivity index (χ1) is 6.91. The number of amides is 4. The minimum Gasteiger partial charge on any atom is -0.269 e. The van der Waals surface area contributed by atoms with Crippen molar-refractivity contribution in [2.24, 2.45) is 5.41 Å². The maximum atomic E-state index is 11.4. The summed E-state index contributed by atoms with van der Waals surface area (Å²) in [6, 6.07) is -0.674. The summed E-state index contributed by atoms with van der Waals surface area (Å²) in [4.78, 5) is 34.8. The Kier molecular flexibility index (Phi) is 2.06. The topological polar surface area (TPSA) is 66.5 Å². The summed E-state index contributed by atoms with van der Waals surface area (Å²) in [6.07, 6.45) is 2.54. The summed E-state index contributed by atoms with van der Waals surface area (Å²) in [5.41, 5.74) is 0.150. The van der Waals surface area contributed by atoms with Gasteiger partial charge in [-0.25, -0.2) is 4.79 Å². The Labute approximate surface area is 87.8 Å². The highest BCUT2D eigenvalue weighted by molar-refractivity contribution is 6.44. The Hall–Kier alpha value is -1.39. The van der Waals surface area contributed by atoms with Crippen molar-refractivity contribution in [2.45, 2.75) is 39.2 Å². The molecule has 2 rings (SSSR count). The molecule has 1 unspecified atom stereocenters. The van der Waals surface area contributed by atoms with E-state index in [2.05, 4.69) is 13.8 Å². The molecule has 0 aromatic rings. The third-order valence-corrected chi connectivity index (χ3v) is 3.16. The Morgan fingerprint density at radius 3 is 2.40 bits per heavy atom. The van der Waals surface area contributed by atoms with Gasteiger partial charge in [0.25, 0.3) is 0 Å². The lowest BCUT2D eigenvalue weighted by Gasteiger charge is -2.22. The molecule has 1 atom stereocenters. The second kappa shape index (κ2) is 3.05. The number of carbonyl (C=O) groups excluding carboxylic acids is 3. The van der Waals surface area contributed by atoms with E-state index in [0.717, 1.165) is 24.2 Å². The fourth-order valence-corrected chi connectivity index (χ4v) is 2.36. The van der Waals surface area contributed by atoms with E-state index >= 15 is 0 Å². The molecule has 2 fully saturated rings. The van der Waals surface area contributed by atoms with Crippen molar-refractivity contribution in [2.75, 3.05) is 0 Å². The first-order valence-electron chi connectivity index (χ1n) is 5.09. The van der Waals surface area contributed by atoms with Crippen molar-refractivity contribution in [1.29, 1.82) is 0 Å². The van der Waals surface area contributed by atoms with Gasteiger partial charge in [0.05, 0.1) is 0 Å². The molecule has 1 saturated heterocycles. The van der Waals surface area contributed by atoms with Crippen LogP contribution in [0.3, 0.4) is 0 Å². The Morgan fingerprint density at radius 1 is 1.33 bits per heavy atom. The van der Waals surface area contributed by atoms with Crippen molar-refractivity contribution >= 4 is 17.8 Å². The molecule has 0 bridgehead atoms. The lowest BCUT2D eigenvalue weighted by molar-refractivity contribution is -0.141. The van der Waals surface area contributed by atoms with Crippen LogP contribution in [0.5, 0.6) is 0 Å². The predicted molar refractivity (Wildman–Crippen MR) is 51.8 cm³/mol. The van der Waals surface area contributed by atoms with Crippen LogP contribution in [0, 0.1) is 5.41 Å². The smallest absolute Gasteiger partial charge is 0.269 e. The molecular weight excluding hydrogens is 196 g/mol. The van der Waals surface area contributed by atoms with Crippen LogP contribution < -0.4 is 5.32 Å². The normalized spacial score (nSPS) is 29.9. The Balaban J connectivity index is 2.15. The molecule has 1 saturated carbocycles. The summed E-state index contributed by atoms with van der Waals surface area (Å²) in [7, 11) is 0. The zero-order valence-electron chi connectivity index (χ0n) is 8.87. The van der Waals surface area contributed by atoms with Crippen molar-refractivity contribution in [3.63, 3.8) is 0 Å². The van der Waals surface area contributed by atoms with Crippen LogP contribution in [0.4, 0.5) is 4.79 Å². The molecule has 15 heavy (non-hydrogen) atoms. The van der Waals surface area contributed by atoms with Crippen molar-refractivity contribution in [1.82, 2.24) is 10.2 Å². The van der Waals surface area contributed by atoms with E-state index in [4.69, 9.17) is 0 Å². The molecule has 5 heteroatoms. The van der Waals surface area contributed by atoms with Crippen LogP contribution in [0.2, 0.25) is 0 Å². The number of urea groups is 1. The SMILES string of the molecule is CC1(C)CCC(N2C(=O)NC(=O)C2=O)C1. The maximum Gasteiger partial charge on any atom is 0.331 e. The zero-order chi connectivity index (χ0) is 11.2. The number of nitrogens with zero attached hydrogens (tertiary/aromatic N) is 1. The summed E-state index contributed by atoms with van der Waals surface area (Å²) in [6.45, 7) is 4.21. The predicted octanol–water partition coefficient (Wildman–Crippen LogP) is 0.643. The monoisotopic (exact) mass is 210 g/mol. The fourth-order valence-electron chi connectivity index (χ4n) is 2.36. The first kappa shape index (κ1) is 10.1. The summed E-state index contributed by atoms with van der Waals surface area (Å²) in [5.74, 6) is -1.51.